The van der Waals surface area contributed by atoms with E-state index in [1.807, 2.05) is 24.8 Å². The number of nitrogens with zero attached hydrogens (tertiary/aromatic N) is 2. The Morgan fingerprint density at radius 3 is 2.90 bits per heavy atom. The number of H-pyrrole nitrogens is 1. The van der Waals surface area contributed by atoms with Gasteiger partial charge in [0.15, 0.2) is 5.69 Å². The van der Waals surface area contributed by atoms with Crippen LogP contribution < -0.4 is 5.32 Å². The molecule has 154 valence electrons. The first-order chi connectivity index (χ1) is 14.0. The van der Waals surface area contributed by atoms with E-state index in [1.54, 1.807) is 6.07 Å². The lowest BCUT2D eigenvalue weighted by Crippen LogP contribution is -2.49. The van der Waals surface area contributed by atoms with Gasteiger partial charge in [-0.3, -0.25) is 14.7 Å². The Morgan fingerprint density at radius 1 is 1.34 bits per heavy atom. The number of carbonyl (C=O) groups excluding carboxylic acids is 2. The van der Waals surface area contributed by atoms with E-state index < -0.39 is 0 Å². The van der Waals surface area contributed by atoms with Crippen LogP contribution in [0.15, 0.2) is 24.3 Å². The van der Waals surface area contributed by atoms with E-state index in [4.69, 9.17) is 0 Å². The molecule has 1 aromatic carbocycles. The third-order valence-electron chi connectivity index (χ3n) is 6.33. The van der Waals surface area contributed by atoms with Crippen molar-refractivity contribution in [3.05, 3.63) is 52.6 Å². The summed E-state index contributed by atoms with van der Waals surface area (Å²) in [6.45, 7) is 4.36. The normalized spacial score (nSPS) is 24.6. The summed E-state index contributed by atoms with van der Waals surface area (Å²) in [6, 6.07) is 6.13. The van der Waals surface area contributed by atoms with Crippen molar-refractivity contribution >= 4 is 11.8 Å². The quantitative estimate of drug-likeness (QED) is 0.834. The highest BCUT2D eigenvalue weighted by Crippen LogP contribution is 2.37. The average Bonchev–Trinajstić information content (AvgIpc) is 3.23. The minimum Gasteiger partial charge on any atom is -0.351 e. The first kappa shape index (κ1) is 19.6. The van der Waals surface area contributed by atoms with Crippen LogP contribution >= 0.6 is 0 Å². The number of benzene rings is 1. The first-order valence-electron chi connectivity index (χ1n) is 10.4. The molecule has 2 aromatic rings. The van der Waals surface area contributed by atoms with Crippen molar-refractivity contribution in [2.45, 2.75) is 64.0 Å². The molecule has 0 saturated carbocycles. The van der Waals surface area contributed by atoms with Gasteiger partial charge >= 0.3 is 0 Å². The van der Waals surface area contributed by atoms with Gasteiger partial charge in [0.25, 0.3) is 5.91 Å². The maximum atomic E-state index is 13.9. The molecular weight excluding hydrogens is 371 g/mol. The van der Waals surface area contributed by atoms with Gasteiger partial charge in [0.05, 0.1) is 12.1 Å². The minimum absolute atomic E-state index is 0.000351. The minimum atomic E-state index is -0.309. The van der Waals surface area contributed by atoms with Crippen molar-refractivity contribution in [3.8, 4) is 0 Å². The molecule has 2 aliphatic heterocycles. The molecule has 4 rings (SSSR count). The lowest BCUT2D eigenvalue weighted by atomic mass is 9.88. The summed E-state index contributed by atoms with van der Waals surface area (Å²) in [5.74, 6) is -0.579. The number of hydrogen-bond acceptors (Lipinski definition) is 3. The van der Waals surface area contributed by atoms with E-state index in [2.05, 4.69) is 15.5 Å². The average molecular weight is 398 g/mol. The van der Waals surface area contributed by atoms with Crippen molar-refractivity contribution in [1.29, 1.82) is 0 Å². The van der Waals surface area contributed by atoms with Gasteiger partial charge in [-0.1, -0.05) is 25.5 Å². The number of rotatable bonds is 3. The number of fused-ring (bicyclic) bond motifs is 1. The van der Waals surface area contributed by atoms with E-state index in [0.717, 1.165) is 42.5 Å². The van der Waals surface area contributed by atoms with Crippen LogP contribution in [0.3, 0.4) is 0 Å². The molecular formula is C22H27FN4O2. The summed E-state index contributed by atoms with van der Waals surface area (Å²) < 4.78 is 13.9. The zero-order valence-electron chi connectivity index (χ0n) is 16.9. The fourth-order valence-corrected chi connectivity index (χ4v) is 4.76. The van der Waals surface area contributed by atoms with Crippen LogP contribution in [0.1, 0.15) is 65.8 Å². The van der Waals surface area contributed by atoms with Gasteiger partial charge in [0, 0.05) is 30.1 Å². The molecule has 3 heterocycles. The molecule has 0 radical (unpaired) electrons. The number of aryl methyl sites for hydroxylation is 1. The van der Waals surface area contributed by atoms with Crippen LogP contribution in [0.4, 0.5) is 4.39 Å². The van der Waals surface area contributed by atoms with Crippen LogP contribution in [0.5, 0.6) is 0 Å². The number of aromatic amines is 1. The molecule has 2 saturated heterocycles. The predicted molar refractivity (Wildman–Crippen MR) is 107 cm³/mol. The summed E-state index contributed by atoms with van der Waals surface area (Å²) in [5.41, 5.74) is 3.08. The van der Waals surface area contributed by atoms with Crippen molar-refractivity contribution in [2.24, 2.45) is 0 Å². The molecule has 2 N–H and O–H groups in total. The van der Waals surface area contributed by atoms with Crippen LogP contribution in [-0.2, 0) is 11.2 Å². The molecule has 1 aromatic heterocycles. The largest absolute Gasteiger partial charge is 0.351 e. The molecule has 0 unspecified atom stereocenters. The highest BCUT2D eigenvalue weighted by Gasteiger charge is 2.46. The Labute approximate surface area is 169 Å². The summed E-state index contributed by atoms with van der Waals surface area (Å²) in [6.07, 6.45) is 3.77. The molecule has 0 bridgehead atoms. The lowest BCUT2D eigenvalue weighted by molar-refractivity contribution is -0.122. The van der Waals surface area contributed by atoms with Crippen molar-refractivity contribution < 1.29 is 14.0 Å². The fraction of sp³-hybridized carbons (Fsp3) is 0.500. The highest BCUT2D eigenvalue weighted by atomic mass is 19.1. The highest BCUT2D eigenvalue weighted by molar-refractivity contribution is 5.94. The Morgan fingerprint density at radius 2 is 2.17 bits per heavy atom. The van der Waals surface area contributed by atoms with Gasteiger partial charge in [0.2, 0.25) is 5.91 Å². The summed E-state index contributed by atoms with van der Waals surface area (Å²) in [7, 11) is 0. The molecule has 2 aliphatic rings. The number of aromatic nitrogens is 2. The first-order valence-corrected chi connectivity index (χ1v) is 10.4. The zero-order chi connectivity index (χ0) is 20.5. The SMILES string of the molecule is CCc1[nH]nc(C(=O)N2C[C@@H](c3cccc(F)c3)[C@@H]3NC(=O)CCCC[C@H]32)c1C. The number of hydrogen-bond donors (Lipinski definition) is 2. The fourth-order valence-electron chi connectivity index (χ4n) is 4.76. The second-order valence-corrected chi connectivity index (χ2v) is 8.05. The number of amides is 2. The predicted octanol–water partition coefficient (Wildman–Crippen LogP) is 3.09. The Bertz CT molecular complexity index is 925. The Kier molecular flexibility index (Phi) is 5.39. The summed E-state index contributed by atoms with van der Waals surface area (Å²) in [5, 5.41) is 10.4. The molecule has 29 heavy (non-hydrogen) atoms. The number of halogens is 1. The van der Waals surface area contributed by atoms with E-state index in [9.17, 15) is 14.0 Å². The van der Waals surface area contributed by atoms with Gasteiger partial charge in [-0.05, 0) is 43.9 Å². The standard InChI is InChI=1S/C22H27FN4O2/c1-3-17-13(2)20(26-25-17)22(29)27-12-16(14-7-6-8-15(23)11-14)21-18(27)9-4-5-10-19(28)24-21/h6-8,11,16,18,21H,3-5,9-10,12H2,1-2H3,(H,24,28)(H,25,26)/t16-,18+,21-/m0/s1. The molecule has 2 fully saturated rings. The second-order valence-electron chi connectivity index (χ2n) is 8.05. The van der Waals surface area contributed by atoms with Crippen LogP contribution in [0.2, 0.25) is 0 Å². The monoisotopic (exact) mass is 398 g/mol. The summed E-state index contributed by atoms with van der Waals surface area (Å²) in [4.78, 5) is 27.6. The molecule has 2 amide bonds. The number of carbonyl (C=O) groups is 2. The summed E-state index contributed by atoms with van der Waals surface area (Å²) >= 11 is 0. The molecule has 7 heteroatoms. The van der Waals surface area contributed by atoms with Crippen molar-refractivity contribution in [1.82, 2.24) is 20.4 Å². The third-order valence-corrected chi connectivity index (χ3v) is 6.33. The van der Waals surface area contributed by atoms with Crippen LogP contribution in [0.25, 0.3) is 0 Å². The van der Waals surface area contributed by atoms with E-state index >= 15 is 0 Å². The molecule has 3 atom stereocenters. The lowest BCUT2D eigenvalue weighted by Gasteiger charge is -2.31. The number of nitrogens with one attached hydrogen (secondary N) is 2. The van der Waals surface area contributed by atoms with E-state index in [0.29, 0.717) is 18.7 Å². The van der Waals surface area contributed by atoms with Gasteiger partial charge in [-0.2, -0.15) is 5.10 Å². The zero-order valence-corrected chi connectivity index (χ0v) is 16.9. The van der Waals surface area contributed by atoms with Gasteiger partial charge in [-0.25, -0.2) is 4.39 Å². The molecule has 0 spiro atoms. The van der Waals surface area contributed by atoms with E-state index in [-0.39, 0.29) is 35.6 Å². The maximum absolute atomic E-state index is 13.9. The topological polar surface area (TPSA) is 78.1 Å². The molecule has 6 nitrogen and oxygen atoms in total. The van der Waals surface area contributed by atoms with Crippen molar-refractivity contribution in [3.63, 3.8) is 0 Å². The van der Waals surface area contributed by atoms with E-state index in [1.165, 1.54) is 12.1 Å². The van der Waals surface area contributed by atoms with Crippen molar-refractivity contribution in [2.75, 3.05) is 6.54 Å². The Hall–Kier alpha value is -2.70. The molecule has 0 aliphatic carbocycles. The van der Waals surface area contributed by atoms with Crippen LogP contribution in [-0.4, -0.2) is 45.5 Å². The maximum Gasteiger partial charge on any atom is 0.274 e. The van der Waals surface area contributed by atoms with Gasteiger partial charge in [-0.15, -0.1) is 0 Å². The second kappa shape index (κ2) is 7.97. The van der Waals surface area contributed by atoms with Crippen LogP contribution in [0, 0.1) is 12.7 Å². The van der Waals surface area contributed by atoms with Gasteiger partial charge < -0.3 is 10.2 Å². The smallest absolute Gasteiger partial charge is 0.274 e. The Balaban J connectivity index is 1.70. The third kappa shape index (κ3) is 3.66. The number of likely N-dealkylation sites (tertiary alicyclic amines) is 1. The van der Waals surface area contributed by atoms with Gasteiger partial charge in [0.1, 0.15) is 5.82 Å².